The molecule has 1 atom stereocenters. The zero-order valence-electron chi connectivity index (χ0n) is 11.6. The Bertz CT molecular complexity index is 646. The topological polar surface area (TPSA) is 71.3 Å². The quantitative estimate of drug-likeness (QED) is 0.871. The van der Waals surface area contributed by atoms with Gasteiger partial charge in [-0.25, -0.2) is 0 Å². The number of carbonyl (C=O) groups is 2. The van der Waals surface area contributed by atoms with E-state index in [1.54, 1.807) is 0 Å². The maximum absolute atomic E-state index is 11.7. The number of amides is 1. The number of carbonyl (C=O) groups excluding carboxylic acids is 1. The first-order valence-electron chi connectivity index (χ1n) is 6.54. The van der Waals surface area contributed by atoms with E-state index in [4.69, 9.17) is 5.11 Å². The molecule has 0 aliphatic rings. The zero-order chi connectivity index (χ0) is 14.7. The highest BCUT2D eigenvalue weighted by Crippen LogP contribution is 2.21. The number of hydrogen-bond donors (Lipinski definition) is 2. The third kappa shape index (κ3) is 2.99. The Morgan fingerprint density at radius 3 is 2.75 bits per heavy atom. The van der Waals surface area contributed by atoms with E-state index < -0.39 is 12.0 Å². The summed E-state index contributed by atoms with van der Waals surface area (Å²) in [6, 6.07) is 7.16. The molecule has 0 spiro atoms. The number of nitrogens with one attached hydrogen (secondary N) is 1. The summed E-state index contributed by atoms with van der Waals surface area (Å²) in [6.45, 7) is 1.46. The lowest BCUT2D eigenvalue weighted by atomic mass is 10.1. The Morgan fingerprint density at radius 1 is 1.35 bits per heavy atom. The zero-order valence-corrected chi connectivity index (χ0v) is 11.6. The number of nitrogens with zero attached hydrogens (tertiary/aromatic N) is 1. The van der Waals surface area contributed by atoms with Crippen LogP contribution in [0, 0.1) is 0 Å². The molecule has 20 heavy (non-hydrogen) atoms. The molecule has 2 rings (SSSR count). The van der Waals surface area contributed by atoms with Crippen molar-refractivity contribution < 1.29 is 14.7 Å². The molecule has 2 aromatic rings. The van der Waals surface area contributed by atoms with Gasteiger partial charge in [0.1, 0.15) is 6.04 Å². The third-order valence-electron chi connectivity index (χ3n) is 3.35. The van der Waals surface area contributed by atoms with Crippen LogP contribution in [0.2, 0.25) is 0 Å². The molecular formula is C15H18N2O3. The number of fused-ring (bicyclic) bond motifs is 1. The Morgan fingerprint density at radius 2 is 2.05 bits per heavy atom. The van der Waals surface area contributed by atoms with Crippen LogP contribution >= 0.6 is 0 Å². The van der Waals surface area contributed by atoms with Crippen molar-refractivity contribution in [1.82, 2.24) is 9.88 Å². The van der Waals surface area contributed by atoms with Gasteiger partial charge in [0.05, 0.1) is 0 Å². The first-order chi connectivity index (χ1) is 9.49. The van der Waals surface area contributed by atoms with Crippen LogP contribution in [-0.4, -0.2) is 27.6 Å². The van der Waals surface area contributed by atoms with Gasteiger partial charge in [-0.3, -0.25) is 9.59 Å². The van der Waals surface area contributed by atoms with E-state index in [0.717, 1.165) is 16.5 Å². The minimum Gasteiger partial charge on any atom is -0.480 e. The summed E-state index contributed by atoms with van der Waals surface area (Å²) in [5.74, 6) is -1.27. The first kappa shape index (κ1) is 14.1. The Balaban J connectivity index is 2.03. The first-order valence-corrected chi connectivity index (χ1v) is 6.54. The Hall–Kier alpha value is -2.30. The summed E-state index contributed by atoms with van der Waals surface area (Å²) in [5, 5.41) is 12.3. The predicted molar refractivity (Wildman–Crippen MR) is 76.5 cm³/mol. The fourth-order valence-corrected chi connectivity index (χ4v) is 2.25. The molecule has 1 aromatic carbocycles. The lowest BCUT2D eigenvalue weighted by Gasteiger charge is -2.08. The van der Waals surface area contributed by atoms with Crippen molar-refractivity contribution in [2.24, 2.45) is 7.05 Å². The molecule has 2 N–H and O–H groups in total. The Labute approximate surface area is 117 Å². The van der Waals surface area contributed by atoms with Gasteiger partial charge in [-0.05, 0) is 25.0 Å². The molecule has 0 bridgehead atoms. The number of hydrogen-bond acceptors (Lipinski definition) is 2. The third-order valence-corrected chi connectivity index (χ3v) is 3.35. The van der Waals surface area contributed by atoms with E-state index in [9.17, 15) is 9.59 Å². The lowest BCUT2D eigenvalue weighted by Crippen LogP contribution is -2.38. The van der Waals surface area contributed by atoms with Gasteiger partial charge < -0.3 is 15.0 Å². The van der Waals surface area contributed by atoms with E-state index in [1.807, 2.05) is 42.1 Å². The van der Waals surface area contributed by atoms with Crippen LogP contribution in [0.3, 0.4) is 0 Å². The molecule has 0 aliphatic heterocycles. The van der Waals surface area contributed by atoms with Gasteiger partial charge in [0.15, 0.2) is 0 Å². The van der Waals surface area contributed by atoms with Crippen molar-refractivity contribution in [3.8, 4) is 0 Å². The highest BCUT2D eigenvalue weighted by molar-refractivity contribution is 5.86. The van der Waals surface area contributed by atoms with Crippen molar-refractivity contribution in [3.05, 3.63) is 36.0 Å². The molecule has 5 nitrogen and oxygen atoms in total. The number of aromatic nitrogens is 1. The van der Waals surface area contributed by atoms with Gasteiger partial charge in [-0.1, -0.05) is 18.2 Å². The minimum atomic E-state index is -1.02. The highest BCUT2D eigenvalue weighted by Gasteiger charge is 2.14. The fraction of sp³-hybridized carbons (Fsp3) is 0.333. The molecule has 0 radical (unpaired) electrons. The standard InChI is InChI=1S/C15H18N2O3/c1-10(15(19)20)16-14(18)8-7-11-9-17(2)13-6-4-3-5-12(11)13/h3-6,9-10H,7-8H2,1-2H3,(H,16,18)(H,19,20)/t10-/m0/s1. The maximum atomic E-state index is 11.7. The summed E-state index contributed by atoms with van der Waals surface area (Å²) in [7, 11) is 1.97. The molecule has 0 unspecified atom stereocenters. The number of carboxylic acids is 1. The molecule has 5 heteroatoms. The number of benzene rings is 1. The van der Waals surface area contributed by atoms with Crippen LogP contribution in [0.1, 0.15) is 18.9 Å². The van der Waals surface area contributed by atoms with Crippen molar-refractivity contribution in [2.75, 3.05) is 0 Å². The smallest absolute Gasteiger partial charge is 0.325 e. The van der Waals surface area contributed by atoms with E-state index >= 15 is 0 Å². The molecule has 0 fully saturated rings. The molecule has 0 aliphatic carbocycles. The van der Waals surface area contributed by atoms with Gasteiger partial charge >= 0.3 is 5.97 Å². The number of aliphatic carboxylic acids is 1. The number of aryl methyl sites for hydroxylation is 2. The van der Waals surface area contributed by atoms with Crippen LogP contribution in [0.5, 0.6) is 0 Å². The molecule has 1 amide bonds. The molecule has 1 heterocycles. The summed E-state index contributed by atoms with van der Waals surface area (Å²) in [5.41, 5.74) is 2.23. The highest BCUT2D eigenvalue weighted by atomic mass is 16.4. The number of carboxylic acid groups (broad SMARTS) is 1. The van der Waals surface area contributed by atoms with Crippen molar-refractivity contribution in [1.29, 1.82) is 0 Å². The van der Waals surface area contributed by atoms with Gasteiger partial charge in [-0.15, -0.1) is 0 Å². The van der Waals surface area contributed by atoms with Gasteiger partial charge in [0.25, 0.3) is 0 Å². The molecule has 0 saturated carbocycles. The monoisotopic (exact) mass is 274 g/mol. The number of para-hydroxylation sites is 1. The van der Waals surface area contributed by atoms with E-state index in [0.29, 0.717) is 6.42 Å². The van der Waals surface area contributed by atoms with Crippen LogP contribution < -0.4 is 5.32 Å². The molecule has 1 aromatic heterocycles. The number of rotatable bonds is 5. The van der Waals surface area contributed by atoms with Crippen LogP contribution in [0.25, 0.3) is 10.9 Å². The largest absolute Gasteiger partial charge is 0.480 e. The van der Waals surface area contributed by atoms with E-state index in [-0.39, 0.29) is 12.3 Å². The molecular weight excluding hydrogens is 256 g/mol. The fourth-order valence-electron chi connectivity index (χ4n) is 2.25. The molecule has 106 valence electrons. The summed E-state index contributed by atoms with van der Waals surface area (Å²) >= 11 is 0. The SMILES string of the molecule is C[C@H](NC(=O)CCc1cn(C)c2ccccc12)C(=O)O. The minimum absolute atomic E-state index is 0.243. The Kier molecular flexibility index (Phi) is 4.08. The second-order valence-electron chi connectivity index (χ2n) is 4.91. The molecule has 0 saturated heterocycles. The van der Waals surface area contributed by atoms with Crippen LogP contribution in [0.15, 0.2) is 30.5 Å². The van der Waals surface area contributed by atoms with Crippen molar-refractivity contribution in [3.63, 3.8) is 0 Å². The lowest BCUT2D eigenvalue weighted by molar-refractivity contribution is -0.141. The van der Waals surface area contributed by atoms with Crippen molar-refractivity contribution >= 4 is 22.8 Å². The van der Waals surface area contributed by atoms with E-state index in [2.05, 4.69) is 5.32 Å². The van der Waals surface area contributed by atoms with Gasteiger partial charge in [0.2, 0.25) is 5.91 Å². The normalized spacial score (nSPS) is 12.3. The predicted octanol–water partition coefficient (Wildman–Crippen LogP) is 1.70. The average molecular weight is 274 g/mol. The van der Waals surface area contributed by atoms with Crippen LogP contribution in [0.4, 0.5) is 0 Å². The van der Waals surface area contributed by atoms with E-state index in [1.165, 1.54) is 6.92 Å². The second-order valence-corrected chi connectivity index (χ2v) is 4.91. The summed E-state index contributed by atoms with van der Waals surface area (Å²) in [6.07, 6.45) is 2.89. The second kappa shape index (κ2) is 5.77. The van der Waals surface area contributed by atoms with Gasteiger partial charge in [-0.2, -0.15) is 0 Å². The summed E-state index contributed by atoms with van der Waals surface area (Å²) in [4.78, 5) is 22.4. The van der Waals surface area contributed by atoms with Crippen molar-refractivity contribution in [2.45, 2.75) is 25.8 Å². The van der Waals surface area contributed by atoms with Gasteiger partial charge in [0, 0.05) is 30.6 Å². The van der Waals surface area contributed by atoms with Crippen LogP contribution in [-0.2, 0) is 23.1 Å². The average Bonchev–Trinajstić information content (AvgIpc) is 2.74. The maximum Gasteiger partial charge on any atom is 0.325 e. The summed E-state index contributed by atoms with van der Waals surface area (Å²) < 4.78 is 2.03.